The van der Waals surface area contributed by atoms with Crippen LogP contribution in [-0.2, 0) is 0 Å². The molecule has 0 fully saturated rings. The third-order valence-corrected chi connectivity index (χ3v) is 3.20. The molecule has 4 heteroatoms. The smallest absolute Gasteiger partial charge is 0.146 e. The van der Waals surface area contributed by atoms with Crippen LogP contribution >= 0.6 is 0 Å². The molecule has 0 aliphatic heterocycles. The molecule has 0 amide bonds. The van der Waals surface area contributed by atoms with Crippen molar-refractivity contribution in [2.45, 2.75) is 19.9 Å². The van der Waals surface area contributed by atoms with E-state index in [2.05, 4.69) is 5.32 Å². The number of anilines is 1. The van der Waals surface area contributed by atoms with Crippen molar-refractivity contribution in [1.29, 1.82) is 0 Å². The highest BCUT2D eigenvalue weighted by Crippen LogP contribution is 2.31. The SMILES string of the molecule is COc1ccc(O)c(C(C)Nc2ccc(C)cc2F)c1. The third-order valence-electron chi connectivity index (χ3n) is 3.20. The molecule has 0 aromatic heterocycles. The lowest BCUT2D eigenvalue weighted by molar-refractivity contribution is 0.410. The number of methoxy groups -OCH3 is 1. The van der Waals surface area contributed by atoms with E-state index in [0.29, 0.717) is 17.0 Å². The van der Waals surface area contributed by atoms with Crippen LogP contribution in [-0.4, -0.2) is 12.2 Å². The lowest BCUT2D eigenvalue weighted by Gasteiger charge is -2.18. The summed E-state index contributed by atoms with van der Waals surface area (Å²) >= 11 is 0. The third kappa shape index (κ3) is 3.02. The molecule has 0 aliphatic carbocycles. The van der Waals surface area contributed by atoms with Crippen LogP contribution in [0.25, 0.3) is 0 Å². The molecule has 0 saturated carbocycles. The summed E-state index contributed by atoms with van der Waals surface area (Å²) < 4.78 is 19.0. The van der Waals surface area contributed by atoms with Crippen LogP contribution in [0.5, 0.6) is 11.5 Å². The van der Waals surface area contributed by atoms with Crippen LogP contribution in [0.3, 0.4) is 0 Å². The number of phenolic OH excluding ortho intramolecular Hbond substituents is 1. The predicted molar refractivity (Wildman–Crippen MR) is 77.8 cm³/mol. The van der Waals surface area contributed by atoms with Gasteiger partial charge in [-0.1, -0.05) is 6.07 Å². The van der Waals surface area contributed by atoms with E-state index >= 15 is 0 Å². The lowest BCUT2D eigenvalue weighted by atomic mass is 10.1. The van der Waals surface area contributed by atoms with Gasteiger partial charge in [0.25, 0.3) is 0 Å². The van der Waals surface area contributed by atoms with Gasteiger partial charge in [0.2, 0.25) is 0 Å². The number of ether oxygens (including phenoxy) is 1. The van der Waals surface area contributed by atoms with E-state index in [1.807, 2.05) is 19.9 Å². The van der Waals surface area contributed by atoms with E-state index in [0.717, 1.165) is 5.56 Å². The van der Waals surface area contributed by atoms with Gasteiger partial charge in [-0.15, -0.1) is 0 Å². The average Bonchev–Trinajstić information content (AvgIpc) is 2.42. The number of hydrogen-bond acceptors (Lipinski definition) is 3. The average molecular weight is 275 g/mol. The van der Waals surface area contributed by atoms with Crippen molar-refractivity contribution in [3.63, 3.8) is 0 Å². The molecule has 106 valence electrons. The normalized spacial score (nSPS) is 12.0. The zero-order valence-corrected chi connectivity index (χ0v) is 11.8. The first-order valence-corrected chi connectivity index (χ1v) is 6.41. The largest absolute Gasteiger partial charge is 0.508 e. The van der Waals surface area contributed by atoms with Crippen LogP contribution in [0.1, 0.15) is 24.1 Å². The summed E-state index contributed by atoms with van der Waals surface area (Å²) in [5.74, 6) is 0.494. The zero-order chi connectivity index (χ0) is 14.7. The standard InChI is InChI=1S/C16H18FNO2/c1-10-4-6-15(14(17)8-10)18-11(2)13-9-12(20-3)5-7-16(13)19/h4-9,11,18-19H,1-3H3. The Hall–Kier alpha value is -2.23. The molecule has 20 heavy (non-hydrogen) atoms. The fraction of sp³-hybridized carbons (Fsp3) is 0.250. The molecule has 0 heterocycles. The number of phenols is 1. The number of aryl methyl sites for hydroxylation is 1. The summed E-state index contributed by atoms with van der Waals surface area (Å²) in [6, 6.07) is 9.74. The zero-order valence-electron chi connectivity index (χ0n) is 11.8. The molecule has 0 aliphatic rings. The van der Waals surface area contributed by atoms with E-state index in [1.165, 1.54) is 6.07 Å². The molecular weight excluding hydrogens is 257 g/mol. The minimum absolute atomic E-state index is 0.151. The van der Waals surface area contributed by atoms with Gasteiger partial charge >= 0.3 is 0 Å². The predicted octanol–water partition coefficient (Wildman–Crippen LogP) is 4.02. The molecule has 2 N–H and O–H groups in total. The maximum atomic E-state index is 13.8. The van der Waals surface area contributed by atoms with Gasteiger partial charge in [0.05, 0.1) is 18.8 Å². The van der Waals surface area contributed by atoms with Gasteiger partial charge < -0.3 is 15.2 Å². The Kier molecular flexibility index (Phi) is 4.13. The van der Waals surface area contributed by atoms with Crippen molar-refractivity contribution in [1.82, 2.24) is 0 Å². The van der Waals surface area contributed by atoms with Crippen molar-refractivity contribution in [2.75, 3.05) is 12.4 Å². The Morgan fingerprint density at radius 2 is 1.95 bits per heavy atom. The second-order valence-corrected chi connectivity index (χ2v) is 4.77. The van der Waals surface area contributed by atoms with Gasteiger partial charge in [0, 0.05) is 5.56 Å². The van der Waals surface area contributed by atoms with E-state index in [9.17, 15) is 9.50 Å². The minimum Gasteiger partial charge on any atom is -0.508 e. The molecule has 0 saturated heterocycles. The molecule has 2 aromatic carbocycles. The van der Waals surface area contributed by atoms with Crippen molar-refractivity contribution >= 4 is 5.69 Å². The fourth-order valence-corrected chi connectivity index (χ4v) is 2.05. The van der Waals surface area contributed by atoms with Crippen molar-refractivity contribution < 1.29 is 14.2 Å². The second kappa shape index (κ2) is 5.82. The molecular formula is C16H18FNO2. The number of rotatable bonds is 4. The topological polar surface area (TPSA) is 41.5 Å². The molecule has 1 atom stereocenters. The number of benzene rings is 2. The number of nitrogens with one attached hydrogen (secondary N) is 1. The monoisotopic (exact) mass is 275 g/mol. The first-order valence-electron chi connectivity index (χ1n) is 6.41. The van der Waals surface area contributed by atoms with E-state index in [1.54, 1.807) is 31.4 Å². The van der Waals surface area contributed by atoms with Gasteiger partial charge in [0.1, 0.15) is 17.3 Å². The maximum absolute atomic E-state index is 13.8. The first-order chi connectivity index (χ1) is 9.51. The molecule has 0 spiro atoms. The van der Waals surface area contributed by atoms with Crippen LogP contribution < -0.4 is 10.1 Å². The molecule has 0 bridgehead atoms. The van der Waals surface area contributed by atoms with Gasteiger partial charge in [0.15, 0.2) is 0 Å². The number of aromatic hydroxyl groups is 1. The Morgan fingerprint density at radius 1 is 1.20 bits per heavy atom. The minimum atomic E-state index is -0.306. The van der Waals surface area contributed by atoms with E-state index in [-0.39, 0.29) is 17.6 Å². The summed E-state index contributed by atoms with van der Waals surface area (Å²) in [6.45, 7) is 3.69. The highest BCUT2D eigenvalue weighted by atomic mass is 19.1. The lowest BCUT2D eigenvalue weighted by Crippen LogP contribution is -2.08. The van der Waals surface area contributed by atoms with Gasteiger partial charge in [-0.3, -0.25) is 0 Å². The van der Waals surface area contributed by atoms with Gasteiger partial charge in [-0.2, -0.15) is 0 Å². The quantitative estimate of drug-likeness (QED) is 0.885. The maximum Gasteiger partial charge on any atom is 0.146 e. The van der Waals surface area contributed by atoms with Crippen molar-refractivity contribution in [3.05, 3.63) is 53.3 Å². The summed E-state index contributed by atoms with van der Waals surface area (Å²) in [4.78, 5) is 0. The van der Waals surface area contributed by atoms with E-state index in [4.69, 9.17) is 4.74 Å². The number of halogens is 1. The molecule has 2 rings (SSSR count). The molecule has 0 radical (unpaired) electrons. The Labute approximate surface area is 118 Å². The molecule has 3 nitrogen and oxygen atoms in total. The summed E-state index contributed by atoms with van der Waals surface area (Å²) in [7, 11) is 1.56. The van der Waals surface area contributed by atoms with Crippen molar-refractivity contribution in [3.8, 4) is 11.5 Å². The van der Waals surface area contributed by atoms with Crippen LogP contribution in [0.15, 0.2) is 36.4 Å². The molecule has 1 unspecified atom stereocenters. The highest BCUT2D eigenvalue weighted by molar-refractivity contribution is 5.50. The van der Waals surface area contributed by atoms with Crippen LogP contribution in [0.2, 0.25) is 0 Å². The van der Waals surface area contributed by atoms with Crippen LogP contribution in [0, 0.1) is 12.7 Å². The van der Waals surface area contributed by atoms with Gasteiger partial charge in [-0.25, -0.2) is 4.39 Å². The Morgan fingerprint density at radius 3 is 2.60 bits per heavy atom. The summed E-state index contributed by atoms with van der Waals surface area (Å²) in [5, 5.41) is 13.0. The van der Waals surface area contributed by atoms with Gasteiger partial charge in [-0.05, 0) is 49.7 Å². The highest BCUT2D eigenvalue weighted by Gasteiger charge is 2.13. The molecule has 2 aromatic rings. The Bertz CT molecular complexity index is 613. The Balaban J connectivity index is 2.25. The second-order valence-electron chi connectivity index (χ2n) is 4.77. The first kappa shape index (κ1) is 14.2. The van der Waals surface area contributed by atoms with Crippen molar-refractivity contribution in [2.24, 2.45) is 0 Å². The van der Waals surface area contributed by atoms with E-state index < -0.39 is 0 Å². The van der Waals surface area contributed by atoms with Crippen LogP contribution in [0.4, 0.5) is 10.1 Å². The summed E-state index contributed by atoms with van der Waals surface area (Å²) in [6.07, 6.45) is 0. The fourth-order valence-electron chi connectivity index (χ4n) is 2.05. The number of hydrogen-bond donors (Lipinski definition) is 2. The summed E-state index contributed by atoms with van der Waals surface area (Å²) in [5.41, 5.74) is 1.93.